The fourth-order valence-electron chi connectivity index (χ4n) is 3.57. The Hall–Kier alpha value is -0.0800. The summed E-state index contributed by atoms with van der Waals surface area (Å²) in [5.74, 6) is 1.74. The van der Waals surface area contributed by atoms with Crippen molar-refractivity contribution in [3.8, 4) is 0 Å². The second-order valence-electron chi connectivity index (χ2n) is 6.08. The third-order valence-corrected chi connectivity index (χ3v) is 4.56. The van der Waals surface area contributed by atoms with Gasteiger partial charge in [0, 0.05) is 19.1 Å². The van der Waals surface area contributed by atoms with Crippen LogP contribution in [0.2, 0.25) is 0 Å². The highest BCUT2D eigenvalue weighted by Crippen LogP contribution is 2.27. The van der Waals surface area contributed by atoms with Gasteiger partial charge in [0.25, 0.3) is 0 Å². The highest BCUT2D eigenvalue weighted by molar-refractivity contribution is 4.81. The number of nitrogens with two attached hydrogens (primary N) is 1. The summed E-state index contributed by atoms with van der Waals surface area (Å²) >= 11 is 0. The van der Waals surface area contributed by atoms with Crippen LogP contribution in [-0.4, -0.2) is 31.1 Å². The Labute approximate surface area is 101 Å². The number of nitrogens with zero attached hydrogens (tertiary/aromatic N) is 1. The molecule has 0 amide bonds. The first-order chi connectivity index (χ1) is 7.75. The Kier molecular flexibility index (Phi) is 4.66. The van der Waals surface area contributed by atoms with E-state index in [1.165, 1.54) is 64.5 Å². The molecule has 2 nitrogen and oxygen atoms in total. The smallest absolute Gasteiger partial charge is 0.00793 e. The Bertz CT molecular complexity index is 199. The molecule has 0 aromatic rings. The van der Waals surface area contributed by atoms with Crippen LogP contribution in [0.15, 0.2) is 0 Å². The summed E-state index contributed by atoms with van der Waals surface area (Å²) in [5, 5.41) is 0. The molecule has 2 unspecified atom stereocenters. The summed E-state index contributed by atoms with van der Waals surface area (Å²) in [5.41, 5.74) is 6.21. The predicted octanol–water partition coefficient (Wildman–Crippen LogP) is 2.63. The Morgan fingerprint density at radius 2 is 1.56 bits per heavy atom. The average molecular weight is 224 g/mol. The molecule has 0 aromatic heterocycles. The molecule has 0 saturated heterocycles. The zero-order valence-corrected chi connectivity index (χ0v) is 10.8. The van der Waals surface area contributed by atoms with Gasteiger partial charge >= 0.3 is 0 Å². The minimum atomic E-state index is 0.472. The quantitative estimate of drug-likeness (QED) is 0.795. The van der Waals surface area contributed by atoms with Gasteiger partial charge in [-0.05, 0) is 44.6 Å². The second-order valence-corrected chi connectivity index (χ2v) is 6.08. The third-order valence-electron chi connectivity index (χ3n) is 4.56. The normalized spacial score (nSPS) is 32.4. The fourth-order valence-corrected chi connectivity index (χ4v) is 3.57. The average Bonchev–Trinajstić information content (AvgIpc) is 2.74. The molecule has 2 aliphatic carbocycles. The topological polar surface area (TPSA) is 29.3 Å². The SMILES string of the molecule is CN(CC1CCCC1)CC1CCCCC1N. The minimum absolute atomic E-state index is 0.472. The summed E-state index contributed by atoms with van der Waals surface area (Å²) in [7, 11) is 2.29. The van der Waals surface area contributed by atoms with Crippen molar-refractivity contribution in [3.05, 3.63) is 0 Å². The summed E-state index contributed by atoms with van der Waals surface area (Å²) in [6.45, 7) is 2.54. The molecule has 2 rings (SSSR count). The van der Waals surface area contributed by atoms with Crippen molar-refractivity contribution in [1.29, 1.82) is 0 Å². The van der Waals surface area contributed by atoms with Crippen molar-refractivity contribution < 1.29 is 0 Å². The molecule has 16 heavy (non-hydrogen) atoms. The maximum Gasteiger partial charge on any atom is 0.00793 e. The first-order valence-electron chi connectivity index (χ1n) is 7.20. The van der Waals surface area contributed by atoms with Crippen molar-refractivity contribution in [2.45, 2.75) is 57.4 Å². The van der Waals surface area contributed by atoms with Crippen LogP contribution in [0, 0.1) is 11.8 Å². The molecule has 2 heteroatoms. The van der Waals surface area contributed by atoms with Crippen LogP contribution in [0.4, 0.5) is 0 Å². The van der Waals surface area contributed by atoms with Crippen molar-refractivity contribution in [1.82, 2.24) is 4.90 Å². The molecular formula is C14H28N2. The highest BCUT2D eigenvalue weighted by atomic mass is 15.1. The van der Waals surface area contributed by atoms with Crippen LogP contribution in [0.1, 0.15) is 51.4 Å². The lowest BCUT2D eigenvalue weighted by molar-refractivity contribution is 0.191. The molecule has 2 N–H and O–H groups in total. The van der Waals surface area contributed by atoms with Crippen LogP contribution in [0.3, 0.4) is 0 Å². The summed E-state index contributed by atoms with van der Waals surface area (Å²) in [6, 6.07) is 0.472. The first kappa shape index (κ1) is 12.4. The fraction of sp³-hybridized carbons (Fsp3) is 1.00. The van der Waals surface area contributed by atoms with Gasteiger partial charge < -0.3 is 10.6 Å². The van der Waals surface area contributed by atoms with Gasteiger partial charge in [0.1, 0.15) is 0 Å². The zero-order chi connectivity index (χ0) is 11.4. The molecule has 2 aliphatic rings. The van der Waals surface area contributed by atoms with E-state index >= 15 is 0 Å². The lowest BCUT2D eigenvalue weighted by Crippen LogP contribution is -2.41. The standard InChI is InChI=1S/C14H28N2/c1-16(10-12-6-2-3-7-12)11-13-8-4-5-9-14(13)15/h12-14H,2-11,15H2,1H3. The van der Waals surface area contributed by atoms with E-state index in [0.717, 1.165) is 11.8 Å². The molecule has 2 atom stereocenters. The molecule has 2 fully saturated rings. The maximum absolute atomic E-state index is 6.21. The van der Waals surface area contributed by atoms with Crippen LogP contribution in [0.25, 0.3) is 0 Å². The molecule has 2 saturated carbocycles. The number of hydrogen-bond donors (Lipinski definition) is 1. The van der Waals surface area contributed by atoms with Gasteiger partial charge in [0.15, 0.2) is 0 Å². The summed E-state index contributed by atoms with van der Waals surface area (Å²) in [6.07, 6.45) is 11.2. The lowest BCUT2D eigenvalue weighted by Gasteiger charge is -2.32. The van der Waals surface area contributed by atoms with E-state index in [2.05, 4.69) is 11.9 Å². The van der Waals surface area contributed by atoms with Crippen LogP contribution in [0.5, 0.6) is 0 Å². The van der Waals surface area contributed by atoms with Gasteiger partial charge in [0.05, 0.1) is 0 Å². The number of hydrogen-bond acceptors (Lipinski definition) is 2. The van der Waals surface area contributed by atoms with E-state index in [-0.39, 0.29) is 0 Å². The van der Waals surface area contributed by atoms with Gasteiger partial charge in [-0.15, -0.1) is 0 Å². The van der Waals surface area contributed by atoms with Crippen LogP contribution in [-0.2, 0) is 0 Å². The molecule has 0 aromatic carbocycles. The van der Waals surface area contributed by atoms with Gasteiger partial charge in [-0.3, -0.25) is 0 Å². The van der Waals surface area contributed by atoms with Gasteiger partial charge in [-0.1, -0.05) is 25.7 Å². The zero-order valence-electron chi connectivity index (χ0n) is 10.8. The van der Waals surface area contributed by atoms with E-state index in [1.807, 2.05) is 0 Å². The van der Waals surface area contributed by atoms with E-state index in [1.54, 1.807) is 0 Å². The van der Waals surface area contributed by atoms with E-state index in [9.17, 15) is 0 Å². The number of rotatable bonds is 4. The predicted molar refractivity (Wildman–Crippen MR) is 69.4 cm³/mol. The molecule has 0 aliphatic heterocycles. The lowest BCUT2D eigenvalue weighted by atomic mass is 9.84. The van der Waals surface area contributed by atoms with Crippen LogP contribution >= 0.6 is 0 Å². The van der Waals surface area contributed by atoms with Gasteiger partial charge in [-0.2, -0.15) is 0 Å². The van der Waals surface area contributed by atoms with Crippen molar-refractivity contribution in [2.75, 3.05) is 20.1 Å². The molecular weight excluding hydrogens is 196 g/mol. The largest absolute Gasteiger partial charge is 0.327 e. The molecule has 0 bridgehead atoms. The Morgan fingerprint density at radius 3 is 2.25 bits per heavy atom. The van der Waals surface area contributed by atoms with E-state index in [0.29, 0.717) is 6.04 Å². The Morgan fingerprint density at radius 1 is 0.938 bits per heavy atom. The van der Waals surface area contributed by atoms with Crippen LogP contribution < -0.4 is 5.73 Å². The summed E-state index contributed by atoms with van der Waals surface area (Å²) in [4.78, 5) is 2.55. The van der Waals surface area contributed by atoms with Crippen molar-refractivity contribution >= 4 is 0 Å². The monoisotopic (exact) mass is 224 g/mol. The van der Waals surface area contributed by atoms with Crippen molar-refractivity contribution in [3.63, 3.8) is 0 Å². The molecule has 0 heterocycles. The first-order valence-corrected chi connectivity index (χ1v) is 7.20. The molecule has 0 radical (unpaired) electrons. The maximum atomic E-state index is 6.21. The molecule has 94 valence electrons. The minimum Gasteiger partial charge on any atom is -0.327 e. The Balaban J connectivity index is 1.70. The third kappa shape index (κ3) is 3.46. The van der Waals surface area contributed by atoms with E-state index < -0.39 is 0 Å². The second kappa shape index (κ2) is 6.02. The highest BCUT2D eigenvalue weighted by Gasteiger charge is 2.24. The van der Waals surface area contributed by atoms with Crippen molar-refractivity contribution in [2.24, 2.45) is 17.6 Å². The van der Waals surface area contributed by atoms with Gasteiger partial charge in [0.2, 0.25) is 0 Å². The molecule has 0 spiro atoms. The summed E-state index contributed by atoms with van der Waals surface area (Å²) < 4.78 is 0. The van der Waals surface area contributed by atoms with Gasteiger partial charge in [-0.25, -0.2) is 0 Å². The van der Waals surface area contributed by atoms with E-state index in [4.69, 9.17) is 5.73 Å².